The van der Waals surface area contributed by atoms with E-state index in [-0.39, 0.29) is 42.1 Å². The predicted molar refractivity (Wildman–Crippen MR) is 41.5 cm³/mol. The summed E-state index contributed by atoms with van der Waals surface area (Å²) in [6.07, 6.45) is 0. The zero-order chi connectivity index (χ0) is 9.14. The summed E-state index contributed by atoms with van der Waals surface area (Å²) in [7, 11) is 0. The molecule has 0 spiro atoms. The molecule has 0 heterocycles. The Kier molecular flexibility index (Phi) is 4.69. The van der Waals surface area contributed by atoms with Crippen molar-refractivity contribution in [2.45, 2.75) is 0 Å². The van der Waals surface area contributed by atoms with E-state index in [1.165, 1.54) is 24.3 Å². The molecule has 13 heavy (non-hydrogen) atoms. The second-order valence-electron chi connectivity index (χ2n) is 2.16. The van der Waals surface area contributed by atoms with Crippen molar-refractivity contribution in [3.63, 3.8) is 0 Å². The van der Waals surface area contributed by atoms with Crippen LogP contribution in [0.4, 0.5) is 0 Å². The smallest absolute Gasteiger partial charge is 1.00 e. The van der Waals surface area contributed by atoms with Gasteiger partial charge in [0.15, 0.2) is 0 Å². The largest absolute Gasteiger partial charge is 1.00 e. The number of benzene rings is 1. The average molecular weight is 190 g/mol. The van der Waals surface area contributed by atoms with Gasteiger partial charge in [0.25, 0.3) is 0 Å². The molecule has 5 heteroatoms. The Hall–Kier alpha value is -0.840. The molecule has 0 aromatic heterocycles. The molecule has 0 fully saturated rings. The Morgan fingerprint density at radius 3 is 1.54 bits per heavy atom. The summed E-state index contributed by atoms with van der Waals surface area (Å²) in [4.78, 5) is 20.9. The molecule has 0 amide bonds. The summed E-state index contributed by atoms with van der Waals surface area (Å²) in [6, 6.07) is 5.48. The van der Waals surface area contributed by atoms with Crippen molar-refractivity contribution in [3.8, 4) is 0 Å². The summed E-state index contributed by atoms with van der Waals surface area (Å²) in [5.74, 6) is -2.46. The van der Waals surface area contributed by atoms with Gasteiger partial charge in [0.1, 0.15) is 0 Å². The topological polar surface area (TPSA) is 74.6 Å². The van der Waals surface area contributed by atoms with E-state index in [0.29, 0.717) is 0 Å². The van der Waals surface area contributed by atoms with Crippen LogP contribution >= 0.6 is 0 Å². The Bertz CT molecular complexity index is 307. The van der Waals surface area contributed by atoms with Crippen molar-refractivity contribution in [1.29, 1.82) is 0 Å². The molecular weight excluding hydrogens is 183 g/mol. The van der Waals surface area contributed by atoms with Crippen LogP contribution in [0.3, 0.4) is 0 Å². The van der Waals surface area contributed by atoms with Gasteiger partial charge in [0, 0.05) is 0 Å². The van der Waals surface area contributed by atoms with Crippen LogP contribution in [0.2, 0.25) is 0 Å². The normalized spacial score (nSPS) is 8.62. The first kappa shape index (κ1) is 12.2. The molecule has 0 saturated heterocycles. The van der Waals surface area contributed by atoms with Crippen molar-refractivity contribution < 1.29 is 50.8 Å². The molecule has 0 bridgehead atoms. The molecule has 1 rings (SSSR count). The summed E-state index contributed by atoms with van der Waals surface area (Å²) in [6.45, 7) is 0. The molecule has 64 valence electrons. The molecule has 0 atom stereocenters. The molecule has 1 aromatic carbocycles. The number of carboxylic acids is 2. The average Bonchev–Trinajstić information content (AvgIpc) is 2.04. The summed E-state index contributed by atoms with van der Waals surface area (Å²) < 4.78 is 0. The first-order valence-corrected chi connectivity index (χ1v) is 3.18. The zero-order valence-electron chi connectivity index (χ0n) is 8.02. The SMILES string of the molecule is O=C(O)c1ccccc1C(=O)O.[H-].[Na+]. The van der Waals surface area contributed by atoms with E-state index >= 15 is 0 Å². The van der Waals surface area contributed by atoms with E-state index in [4.69, 9.17) is 10.2 Å². The van der Waals surface area contributed by atoms with E-state index in [2.05, 4.69) is 0 Å². The van der Waals surface area contributed by atoms with Gasteiger partial charge in [0.2, 0.25) is 0 Å². The molecule has 1 aromatic rings. The van der Waals surface area contributed by atoms with Crippen molar-refractivity contribution >= 4 is 11.9 Å². The second-order valence-corrected chi connectivity index (χ2v) is 2.16. The molecule has 4 nitrogen and oxygen atoms in total. The van der Waals surface area contributed by atoms with Crippen LogP contribution in [0.5, 0.6) is 0 Å². The van der Waals surface area contributed by atoms with Crippen LogP contribution in [0.25, 0.3) is 0 Å². The quantitative estimate of drug-likeness (QED) is 0.539. The molecule has 0 unspecified atom stereocenters. The van der Waals surface area contributed by atoms with E-state index in [9.17, 15) is 9.59 Å². The van der Waals surface area contributed by atoms with Crippen molar-refractivity contribution in [3.05, 3.63) is 35.4 Å². The van der Waals surface area contributed by atoms with Crippen LogP contribution in [-0.4, -0.2) is 22.2 Å². The van der Waals surface area contributed by atoms with Crippen LogP contribution in [-0.2, 0) is 0 Å². The molecule has 0 radical (unpaired) electrons. The number of carbonyl (C=O) groups is 2. The maximum Gasteiger partial charge on any atom is 1.00 e. The van der Waals surface area contributed by atoms with Crippen LogP contribution in [0, 0.1) is 0 Å². The van der Waals surface area contributed by atoms with Gasteiger partial charge >= 0.3 is 41.5 Å². The number of rotatable bonds is 2. The van der Waals surface area contributed by atoms with Gasteiger partial charge in [-0.15, -0.1) is 0 Å². The van der Waals surface area contributed by atoms with Crippen LogP contribution in [0.1, 0.15) is 22.1 Å². The van der Waals surface area contributed by atoms with Gasteiger partial charge in [-0.25, -0.2) is 9.59 Å². The van der Waals surface area contributed by atoms with E-state index in [1.807, 2.05) is 0 Å². The number of hydrogen-bond donors (Lipinski definition) is 2. The van der Waals surface area contributed by atoms with Crippen LogP contribution in [0.15, 0.2) is 24.3 Å². The Morgan fingerprint density at radius 1 is 1.00 bits per heavy atom. The number of aromatic carboxylic acids is 2. The molecule has 0 aliphatic rings. The molecule has 0 aliphatic carbocycles. The van der Waals surface area contributed by atoms with Crippen molar-refractivity contribution in [2.75, 3.05) is 0 Å². The van der Waals surface area contributed by atoms with E-state index in [0.717, 1.165) is 0 Å². The van der Waals surface area contributed by atoms with Crippen molar-refractivity contribution in [2.24, 2.45) is 0 Å². The second kappa shape index (κ2) is 5.01. The third-order valence-electron chi connectivity index (χ3n) is 1.39. The van der Waals surface area contributed by atoms with Crippen LogP contribution < -0.4 is 29.6 Å². The molecule has 0 saturated carbocycles. The third kappa shape index (κ3) is 2.84. The third-order valence-corrected chi connectivity index (χ3v) is 1.39. The minimum Gasteiger partial charge on any atom is -1.00 e. The van der Waals surface area contributed by atoms with E-state index < -0.39 is 11.9 Å². The van der Waals surface area contributed by atoms with E-state index in [1.54, 1.807) is 0 Å². The number of carboxylic acid groups (broad SMARTS) is 2. The maximum absolute atomic E-state index is 10.5. The maximum atomic E-state index is 10.5. The standard InChI is InChI=1S/C8H6O4.Na.H/c9-7(10)5-3-1-2-4-6(5)8(11)12;;/h1-4H,(H,9,10)(H,11,12);;/q;+1;-1. The first-order valence-electron chi connectivity index (χ1n) is 3.18. The Morgan fingerprint density at radius 2 is 1.31 bits per heavy atom. The monoisotopic (exact) mass is 190 g/mol. The minimum atomic E-state index is -1.23. The minimum absolute atomic E-state index is 0. The van der Waals surface area contributed by atoms with Gasteiger partial charge in [-0.05, 0) is 12.1 Å². The van der Waals surface area contributed by atoms with Gasteiger partial charge in [-0.3, -0.25) is 0 Å². The zero-order valence-corrected chi connectivity index (χ0v) is 9.02. The predicted octanol–water partition coefficient (Wildman–Crippen LogP) is -1.80. The Labute approximate surface area is 98.0 Å². The molecule has 0 aliphatic heterocycles. The van der Waals surface area contributed by atoms with Gasteiger partial charge in [-0.2, -0.15) is 0 Å². The van der Waals surface area contributed by atoms with Gasteiger partial charge in [-0.1, -0.05) is 12.1 Å². The molecule has 2 N–H and O–H groups in total. The fraction of sp³-hybridized carbons (Fsp3) is 0. The fourth-order valence-corrected chi connectivity index (χ4v) is 0.856. The molecular formula is C8H7NaO4. The fourth-order valence-electron chi connectivity index (χ4n) is 0.856. The Balaban J connectivity index is 0. The van der Waals surface area contributed by atoms with Gasteiger partial charge < -0.3 is 11.6 Å². The van der Waals surface area contributed by atoms with Crippen molar-refractivity contribution in [1.82, 2.24) is 0 Å². The van der Waals surface area contributed by atoms with Gasteiger partial charge in [0.05, 0.1) is 11.1 Å². The summed E-state index contributed by atoms with van der Waals surface area (Å²) in [5, 5.41) is 17.1. The summed E-state index contributed by atoms with van der Waals surface area (Å²) >= 11 is 0. The number of hydrogen-bond acceptors (Lipinski definition) is 2. The first-order chi connectivity index (χ1) is 5.63. The summed E-state index contributed by atoms with van der Waals surface area (Å²) in [5.41, 5.74) is -0.380.